The number of nitrogens with zero attached hydrogens (tertiary/aromatic N) is 1. The number of rotatable bonds is 5. The molecule has 1 fully saturated rings. The van der Waals surface area contributed by atoms with E-state index in [2.05, 4.69) is 10.3 Å². The van der Waals surface area contributed by atoms with Gasteiger partial charge in [-0.1, -0.05) is 12.8 Å². The number of ether oxygens (including phenoxy) is 1. The maximum Gasteiger partial charge on any atom is 0.341 e. The molecule has 98 valence electrons. The van der Waals surface area contributed by atoms with Crippen molar-refractivity contribution < 1.29 is 9.53 Å². The van der Waals surface area contributed by atoms with Gasteiger partial charge in [-0.05, 0) is 37.8 Å². The van der Waals surface area contributed by atoms with Crippen molar-refractivity contribution >= 4 is 11.8 Å². The summed E-state index contributed by atoms with van der Waals surface area (Å²) in [6, 6.07) is 3.51. The van der Waals surface area contributed by atoms with Gasteiger partial charge in [0.25, 0.3) is 0 Å². The summed E-state index contributed by atoms with van der Waals surface area (Å²) in [5, 5.41) is 3.28. The fourth-order valence-electron chi connectivity index (χ4n) is 2.38. The predicted molar refractivity (Wildman–Crippen MR) is 70.6 cm³/mol. The van der Waals surface area contributed by atoms with Crippen molar-refractivity contribution in [1.29, 1.82) is 0 Å². The predicted octanol–water partition coefficient (Wildman–Crippen LogP) is 2.86. The Bertz CT molecular complexity index is 401. The molecular formula is C14H20N2O2. The van der Waals surface area contributed by atoms with Crippen LogP contribution in [0, 0.1) is 5.92 Å². The second-order valence-corrected chi connectivity index (χ2v) is 4.65. The van der Waals surface area contributed by atoms with Crippen LogP contribution in [0.5, 0.6) is 0 Å². The summed E-state index contributed by atoms with van der Waals surface area (Å²) in [6.07, 6.45) is 6.88. The summed E-state index contributed by atoms with van der Waals surface area (Å²) < 4.78 is 5.02. The van der Waals surface area contributed by atoms with Gasteiger partial charge in [0.2, 0.25) is 0 Å². The quantitative estimate of drug-likeness (QED) is 0.814. The second kappa shape index (κ2) is 6.38. The van der Waals surface area contributed by atoms with E-state index in [9.17, 15) is 4.79 Å². The van der Waals surface area contributed by atoms with Gasteiger partial charge in [0.1, 0.15) is 11.4 Å². The van der Waals surface area contributed by atoms with Crippen LogP contribution < -0.4 is 5.32 Å². The lowest BCUT2D eigenvalue weighted by molar-refractivity contribution is 0.0527. The second-order valence-electron chi connectivity index (χ2n) is 4.65. The molecule has 0 aliphatic heterocycles. The molecule has 18 heavy (non-hydrogen) atoms. The number of carbonyl (C=O) groups is 1. The number of hydrogen-bond acceptors (Lipinski definition) is 4. The molecule has 1 aromatic rings. The highest BCUT2D eigenvalue weighted by Crippen LogP contribution is 2.25. The molecule has 2 rings (SSSR count). The fourth-order valence-corrected chi connectivity index (χ4v) is 2.38. The van der Waals surface area contributed by atoms with Gasteiger partial charge in [-0.25, -0.2) is 9.78 Å². The average molecular weight is 248 g/mol. The lowest BCUT2D eigenvalue weighted by atomic mass is 10.1. The van der Waals surface area contributed by atoms with Crippen molar-refractivity contribution in [3.63, 3.8) is 0 Å². The van der Waals surface area contributed by atoms with Crippen LogP contribution in [0.25, 0.3) is 0 Å². The largest absolute Gasteiger partial charge is 0.462 e. The van der Waals surface area contributed by atoms with Crippen LogP contribution in [-0.4, -0.2) is 24.1 Å². The highest BCUT2D eigenvalue weighted by atomic mass is 16.5. The maximum atomic E-state index is 11.8. The van der Waals surface area contributed by atoms with Crippen molar-refractivity contribution in [2.45, 2.75) is 32.6 Å². The van der Waals surface area contributed by atoms with E-state index >= 15 is 0 Å². The van der Waals surface area contributed by atoms with Gasteiger partial charge in [-0.15, -0.1) is 0 Å². The Kier molecular flexibility index (Phi) is 4.56. The Hall–Kier alpha value is -1.58. The van der Waals surface area contributed by atoms with Gasteiger partial charge in [0.05, 0.1) is 6.61 Å². The summed E-state index contributed by atoms with van der Waals surface area (Å²) in [5.74, 6) is 1.05. The van der Waals surface area contributed by atoms with Crippen LogP contribution in [0.2, 0.25) is 0 Å². The third-order valence-corrected chi connectivity index (χ3v) is 3.34. The molecule has 1 N–H and O–H groups in total. The van der Waals surface area contributed by atoms with Gasteiger partial charge in [-0.2, -0.15) is 0 Å². The van der Waals surface area contributed by atoms with Gasteiger partial charge < -0.3 is 10.1 Å². The third kappa shape index (κ3) is 3.22. The van der Waals surface area contributed by atoms with E-state index in [4.69, 9.17) is 4.74 Å². The SMILES string of the molecule is CCOC(=O)c1cccnc1NCC1CCCC1. The number of anilines is 1. The Morgan fingerprint density at radius 2 is 2.28 bits per heavy atom. The molecule has 1 aliphatic rings. The van der Waals surface area contributed by atoms with Crippen molar-refractivity contribution in [2.75, 3.05) is 18.5 Å². The first-order chi connectivity index (χ1) is 8.81. The first kappa shape index (κ1) is 12.9. The lowest BCUT2D eigenvalue weighted by Gasteiger charge is -2.13. The van der Waals surface area contributed by atoms with Gasteiger partial charge in [-0.3, -0.25) is 0 Å². The van der Waals surface area contributed by atoms with E-state index in [-0.39, 0.29) is 5.97 Å². The zero-order valence-electron chi connectivity index (χ0n) is 10.8. The van der Waals surface area contributed by atoms with Crippen LogP contribution >= 0.6 is 0 Å². The van der Waals surface area contributed by atoms with Crippen LogP contribution in [0.1, 0.15) is 43.0 Å². The van der Waals surface area contributed by atoms with Crippen LogP contribution in [0.15, 0.2) is 18.3 Å². The molecule has 1 heterocycles. The van der Waals surface area contributed by atoms with Crippen molar-refractivity contribution in [3.8, 4) is 0 Å². The van der Waals surface area contributed by atoms with Gasteiger partial charge in [0.15, 0.2) is 0 Å². The molecule has 4 heteroatoms. The number of esters is 1. The van der Waals surface area contributed by atoms with Crippen molar-refractivity contribution in [2.24, 2.45) is 5.92 Å². The molecule has 0 radical (unpaired) electrons. The Morgan fingerprint density at radius 3 is 3.00 bits per heavy atom. The molecule has 0 atom stereocenters. The molecule has 1 saturated carbocycles. The van der Waals surface area contributed by atoms with E-state index in [0.29, 0.717) is 23.9 Å². The van der Waals surface area contributed by atoms with Crippen LogP contribution in [0.3, 0.4) is 0 Å². The van der Waals surface area contributed by atoms with Gasteiger partial charge >= 0.3 is 5.97 Å². The summed E-state index contributed by atoms with van der Waals surface area (Å²) in [7, 11) is 0. The fraction of sp³-hybridized carbons (Fsp3) is 0.571. The number of carbonyl (C=O) groups excluding carboxylic acids is 1. The third-order valence-electron chi connectivity index (χ3n) is 3.34. The molecule has 0 aromatic carbocycles. The molecule has 0 saturated heterocycles. The minimum Gasteiger partial charge on any atom is -0.462 e. The number of hydrogen-bond donors (Lipinski definition) is 1. The minimum absolute atomic E-state index is 0.306. The van der Waals surface area contributed by atoms with Crippen molar-refractivity contribution in [1.82, 2.24) is 4.98 Å². The molecule has 1 aliphatic carbocycles. The molecule has 4 nitrogen and oxygen atoms in total. The Morgan fingerprint density at radius 1 is 1.50 bits per heavy atom. The first-order valence-electron chi connectivity index (χ1n) is 6.67. The van der Waals surface area contributed by atoms with E-state index in [0.717, 1.165) is 6.54 Å². The number of pyridine rings is 1. The topological polar surface area (TPSA) is 51.2 Å². The average Bonchev–Trinajstić information content (AvgIpc) is 2.90. The highest BCUT2D eigenvalue weighted by Gasteiger charge is 2.17. The monoisotopic (exact) mass is 248 g/mol. The Balaban J connectivity index is 2.00. The van der Waals surface area contributed by atoms with E-state index in [1.54, 1.807) is 25.3 Å². The standard InChI is InChI=1S/C14H20N2O2/c1-2-18-14(17)12-8-5-9-15-13(12)16-10-11-6-3-4-7-11/h5,8-9,11H,2-4,6-7,10H2,1H3,(H,15,16). The van der Waals surface area contributed by atoms with Crippen LogP contribution in [0.4, 0.5) is 5.82 Å². The highest BCUT2D eigenvalue weighted by molar-refractivity contribution is 5.94. The summed E-state index contributed by atoms with van der Waals surface area (Å²) in [5.41, 5.74) is 0.525. The molecule has 0 unspecified atom stereocenters. The summed E-state index contributed by atoms with van der Waals surface area (Å²) in [4.78, 5) is 16.0. The Labute approximate surface area is 108 Å². The minimum atomic E-state index is -0.306. The van der Waals surface area contributed by atoms with E-state index in [1.807, 2.05) is 0 Å². The normalized spacial score (nSPS) is 15.6. The van der Waals surface area contributed by atoms with E-state index in [1.165, 1.54) is 25.7 Å². The van der Waals surface area contributed by atoms with Crippen LogP contribution in [-0.2, 0) is 4.74 Å². The summed E-state index contributed by atoms with van der Waals surface area (Å²) >= 11 is 0. The van der Waals surface area contributed by atoms with Crippen molar-refractivity contribution in [3.05, 3.63) is 23.9 Å². The molecular weight excluding hydrogens is 228 g/mol. The van der Waals surface area contributed by atoms with Gasteiger partial charge in [0, 0.05) is 12.7 Å². The maximum absolute atomic E-state index is 11.8. The van der Waals surface area contributed by atoms with E-state index < -0.39 is 0 Å². The number of aromatic nitrogens is 1. The smallest absolute Gasteiger partial charge is 0.341 e. The zero-order chi connectivity index (χ0) is 12.8. The lowest BCUT2D eigenvalue weighted by Crippen LogP contribution is -2.16. The summed E-state index contributed by atoms with van der Waals surface area (Å²) in [6.45, 7) is 3.08. The molecule has 0 amide bonds. The zero-order valence-corrected chi connectivity index (χ0v) is 10.8. The molecule has 0 bridgehead atoms. The first-order valence-corrected chi connectivity index (χ1v) is 6.67. The molecule has 1 aromatic heterocycles. The molecule has 0 spiro atoms. The number of nitrogens with one attached hydrogen (secondary N) is 1.